The van der Waals surface area contributed by atoms with Gasteiger partial charge in [0.15, 0.2) is 11.6 Å². The van der Waals surface area contributed by atoms with E-state index in [1.165, 1.54) is 24.3 Å². The Morgan fingerprint density at radius 2 is 1.95 bits per heavy atom. The molecule has 2 rings (SSSR count). The third kappa shape index (κ3) is 3.17. The number of ether oxygens (including phenoxy) is 1. The second-order valence-electron chi connectivity index (χ2n) is 4.96. The van der Waals surface area contributed by atoms with E-state index >= 15 is 0 Å². The van der Waals surface area contributed by atoms with Crippen LogP contribution in [0.25, 0.3) is 0 Å². The van der Waals surface area contributed by atoms with Crippen LogP contribution in [-0.2, 0) is 6.42 Å². The average molecular weight is 273 g/mol. The molecule has 0 saturated heterocycles. The van der Waals surface area contributed by atoms with Crippen LogP contribution in [0.4, 0.5) is 4.39 Å². The largest absolute Gasteiger partial charge is 0.494 e. The van der Waals surface area contributed by atoms with E-state index in [2.05, 4.69) is 19.1 Å². The van der Waals surface area contributed by atoms with Gasteiger partial charge in [-0.05, 0) is 48.7 Å². The Morgan fingerprint density at radius 1 is 1.20 bits per heavy atom. The normalized spacial score (nSPS) is 12.2. The molecule has 2 N–H and O–H groups in total. The van der Waals surface area contributed by atoms with Gasteiger partial charge in [-0.2, -0.15) is 0 Å². The molecule has 0 heterocycles. The first-order chi connectivity index (χ1) is 9.65. The van der Waals surface area contributed by atoms with Crippen LogP contribution in [0, 0.1) is 12.7 Å². The van der Waals surface area contributed by atoms with Gasteiger partial charge in [0, 0.05) is 5.92 Å². The van der Waals surface area contributed by atoms with Crippen molar-refractivity contribution in [2.24, 2.45) is 5.73 Å². The molecule has 106 valence electrons. The molecular formula is C17H20FNO. The highest BCUT2D eigenvalue weighted by atomic mass is 19.1. The smallest absolute Gasteiger partial charge is 0.165 e. The van der Waals surface area contributed by atoms with Gasteiger partial charge in [0.05, 0.1) is 7.11 Å². The first-order valence-corrected chi connectivity index (χ1v) is 6.73. The second kappa shape index (κ2) is 6.53. The van der Waals surface area contributed by atoms with Crippen LogP contribution < -0.4 is 10.5 Å². The van der Waals surface area contributed by atoms with Gasteiger partial charge in [0.1, 0.15) is 0 Å². The molecule has 0 aliphatic rings. The molecule has 0 saturated carbocycles. The van der Waals surface area contributed by atoms with Gasteiger partial charge < -0.3 is 10.5 Å². The second-order valence-corrected chi connectivity index (χ2v) is 4.96. The van der Waals surface area contributed by atoms with E-state index in [1.807, 2.05) is 18.2 Å². The summed E-state index contributed by atoms with van der Waals surface area (Å²) in [6.07, 6.45) is 0.814. The Morgan fingerprint density at radius 3 is 2.55 bits per heavy atom. The fourth-order valence-electron chi connectivity index (χ4n) is 2.38. The molecule has 2 aromatic rings. The molecule has 0 spiro atoms. The van der Waals surface area contributed by atoms with Gasteiger partial charge in [-0.25, -0.2) is 4.39 Å². The molecular weight excluding hydrogens is 253 g/mol. The standard InChI is InChI=1S/C17H20FNO/c1-12-5-3-4-6-13(12)9-15(11-19)14-7-8-17(20-2)16(18)10-14/h3-8,10,15H,9,11,19H2,1-2H3. The lowest BCUT2D eigenvalue weighted by molar-refractivity contribution is 0.386. The van der Waals surface area contributed by atoms with Crippen LogP contribution in [-0.4, -0.2) is 13.7 Å². The highest BCUT2D eigenvalue weighted by Crippen LogP contribution is 2.26. The lowest BCUT2D eigenvalue weighted by Gasteiger charge is -2.17. The summed E-state index contributed by atoms with van der Waals surface area (Å²) in [4.78, 5) is 0. The number of methoxy groups -OCH3 is 1. The summed E-state index contributed by atoms with van der Waals surface area (Å²) < 4.78 is 18.7. The van der Waals surface area contributed by atoms with E-state index in [9.17, 15) is 4.39 Å². The third-order valence-corrected chi connectivity index (χ3v) is 3.66. The first kappa shape index (κ1) is 14.5. The zero-order chi connectivity index (χ0) is 14.5. The number of aryl methyl sites for hydroxylation is 1. The van der Waals surface area contributed by atoms with Gasteiger partial charge in [0.2, 0.25) is 0 Å². The number of rotatable bonds is 5. The fraction of sp³-hybridized carbons (Fsp3) is 0.294. The van der Waals surface area contributed by atoms with Crippen LogP contribution in [0.2, 0.25) is 0 Å². The van der Waals surface area contributed by atoms with E-state index in [0.29, 0.717) is 6.54 Å². The number of hydrogen-bond donors (Lipinski definition) is 1. The van der Waals surface area contributed by atoms with Crippen LogP contribution in [0.15, 0.2) is 42.5 Å². The molecule has 1 atom stereocenters. The van der Waals surface area contributed by atoms with Crippen LogP contribution in [0.1, 0.15) is 22.6 Å². The summed E-state index contributed by atoms with van der Waals surface area (Å²) in [7, 11) is 1.46. The molecule has 2 nitrogen and oxygen atoms in total. The van der Waals surface area contributed by atoms with E-state index in [-0.39, 0.29) is 17.5 Å². The van der Waals surface area contributed by atoms with Crippen molar-refractivity contribution in [3.05, 3.63) is 65.0 Å². The van der Waals surface area contributed by atoms with E-state index in [1.54, 1.807) is 6.07 Å². The third-order valence-electron chi connectivity index (χ3n) is 3.66. The summed E-state index contributed by atoms with van der Waals surface area (Å²) in [5.74, 6) is 0.0325. The molecule has 2 aromatic carbocycles. The van der Waals surface area contributed by atoms with Gasteiger partial charge in [-0.1, -0.05) is 30.3 Å². The molecule has 0 aromatic heterocycles. The summed E-state index contributed by atoms with van der Waals surface area (Å²) in [5, 5.41) is 0. The Kier molecular flexibility index (Phi) is 4.74. The minimum Gasteiger partial charge on any atom is -0.494 e. The van der Waals surface area contributed by atoms with E-state index in [0.717, 1.165) is 12.0 Å². The van der Waals surface area contributed by atoms with Crippen LogP contribution >= 0.6 is 0 Å². The van der Waals surface area contributed by atoms with Crippen molar-refractivity contribution in [1.29, 1.82) is 0 Å². The SMILES string of the molecule is COc1ccc(C(CN)Cc2ccccc2C)cc1F. The number of hydrogen-bond acceptors (Lipinski definition) is 2. The minimum absolute atomic E-state index is 0.108. The molecule has 1 unspecified atom stereocenters. The number of benzene rings is 2. The molecule has 0 amide bonds. The zero-order valence-electron chi connectivity index (χ0n) is 11.9. The maximum Gasteiger partial charge on any atom is 0.165 e. The van der Waals surface area contributed by atoms with Crippen molar-refractivity contribution in [1.82, 2.24) is 0 Å². The van der Waals surface area contributed by atoms with Crippen molar-refractivity contribution < 1.29 is 9.13 Å². The van der Waals surface area contributed by atoms with Crippen molar-refractivity contribution in [2.75, 3.05) is 13.7 Å². The summed E-state index contributed by atoms with van der Waals surface area (Å²) in [5.41, 5.74) is 9.27. The predicted molar refractivity (Wildman–Crippen MR) is 79.6 cm³/mol. The molecule has 0 aliphatic heterocycles. The summed E-state index contributed by atoms with van der Waals surface area (Å²) >= 11 is 0. The van der Waals surface area contributed by atoms with Gasteiger partial charge in [-0.15, -0.1) is 0 Å². The molecule has 0 radical (unpaired) electrons. The lowest BCUT2D eigenvalue weighted by atomic mass is 9.90. The Hall–Kier alpha value is -1.87. The lowest BCUT2D eigenvalue weighted by Crippen LogP contribution is -2.15. The van der Waals surface area contributed by atoms with Crippen LogP contribution in [0.5, 0.6) is 5.75 Å². The number of nitrogens with two attached hydrogens (primary N) is 1. The molecule has 0 bridgehead atoms. The molecule has 3 heteroatoms. The summed E-state index contributed by atoms with van der Waals surface area (Å²) in [6, 6.07) is 13.3. The average Bonchev–Trinajstić information content (AvgIpc) is 2.46. The maximum atomic E-state index is 13.8. The highest BCUT2D eigenvalue weighted by Gasteiger charge is 2.14. The van der Waals surface area contributed by atoms with E-state index in [4.69, 9.17) is 10.5 Å². The maximum absolute atomic E-state index is 13.8. The molecule has 20 heavy (non-hydrogen) atoms. The quantitative estimate of drug-likeness (QED) is 0.906. The predicted octanol–water partition coefficient (Wildman–Crippen LogP) is 3.43. The fourth-order valence-corrected chi connectivity index (χ4v) is 2.38. The Labute approximate surface area is 119 Å². The Bertz CT molecular complexity index is 583. The van der Waals surface area contributed by atoms with E-state index < -0.39 is 0 Å². The van der Waals surface area contributed by atoms with Crippen molar-refractivity contribution in [3.63, 3.8) is 0 Å². The number of halogens is 1. The van der Waals surface area contributed by atoms with Crippen LogP contribution in [0.3, 0.4) is 0 Å². The zero-order valence-corrected chi connectivity index (χ0v) is 11.9. The van der Waals surface area contributed by atoms with Gasteiger partial charge >= 0.3 is 0 Å². The minimum atomic E-state index is -0.340. The van der Waals surface area contributed by atoms with Crippen molar-refractivity contribution in [3.8, 4) is 5.75 Å². The highest BCUT2D eigenvalue weighted by molar-refractivity contribution is 5.34. The van der Waals surface area contributed by atoms with Gasteiger partial charge in [-0.3, -0.25) is 0 Å². The first-order valence-electron chi connectivity index (χ1n) is 6.73. The van der Waals surface area contributed by atoms with Gasteiger partial charge in [0.25, 0.3) is 0 Å². The molecule has 0 fully saturated rings. The van der Waals surface area contributed by atoms with Crippen molar-refractivity contribution in [2.45, 2.75) is 19.3 Å². The Balaban J connectivity index is 2.24. The topological polar surface area (TPSA) is 35.2 Å². The monoisotopic (exact) mass is 273 g/mol. The van der Waals surface area contributed by atoms with Crippen molar-refractivity contribution >= 4 is 0 Å². The molecule has 0 aliphatic carbocycles. The summed E-state index contributed by atoms with van der Waals surface area (Å²) in [6.45, 7) is 2.57.